The van der Waals surface area contributed by atoms with Crippen molar-refractivity contribution in [2.45, 2.75) is 32.1 Å². The van der Waals surface area contributed by atoms with E-state index in [1.165, 1.54) is 32.1 Å². The summed E-state index contributed by atoms with van der Waals surface area (Å²) in [4.78, 5) is 14.8. The minimum absolute atomic E-state index is 0.182. The zero-order valence-corrected chi connectivity index (χ0v) is 13.4. The molecule has 2 fully saturated rings. The molecule has 4 nitrogen and oxygen atoms in total. The molecule has 2 heterocycles. The summed E-state index contributed by atoms with van der Waals surface area (Å²) in [5, 5.41) is 4.22. The van der Waals surface area contributed by atoms with E-state index in [9.17, 15) is 4.79 Å². The van der Waals surface area contributed by atoms with E-state index in [2.05, 4.69) is 10.00 Å². The molecular formula is C19H23N3O. The summed E-state index contributed by atoms with van der Waals surface area (Å²) in [5.41, 5.74) is 1.77. The van der Waals surface area contributed by atoms with Crippen molar-refractivity contribution in [2.75, 3.05) is 13.1 Å². The van der Waals surface area contributed by atoms with E-state index < -0.39 is 0 Å². The van der Waals surface area contributed by atoms with Crippen LogP contribution in [0.25, 0.3) is 5.69 Å². The zero-order chi connectivity index (χ0) is 15.6. The molecule has 2 atom stereocenters. The Morgan fingerprint density at radius 3 is 2.57 bits per heavy atom. The number of aromatic nitrogens is 2. The third-order valence-electron chi connectivity index (χ3n) is 5.46. The summed E-state index contributed by atoms with van der Waals surface area (Å²) in [7, 11) is 0. The first-order chi connectivity index (χ1) is 11.3. The number of likely N-dealkylation sites (tertiary alicyclic amines) is 1. The first-order valence-corrected chi connectivity index (χ1v) is 8.70. The molecule has 1 amide bonds. The Labute approximate surface area is 137 Å². The summed E-state index contributed by atoms with van der Waals surface area (Å²) < 4.78 is 1.81. The van der Waals surface area contributed by atoms with Crippen LogP contribution in [-0.2, 0) is 0 Å². The van der Waals surface area contributed by atoms with E-state index in [-0.39, 0.29) is 5.91 Å². The van der Waals surface area contributed by atoms with Gasteiger partial charge in [0.05, 0.1) is 5.69 Å². The standard InChI is InChI=1S/C19H23N3O/c23-19(21-13-10-15-4-1-2-5-17(15)14-21)16-6-8-18(9-7-16)22-12-3-11-20-22/h3,6-9,11-12,15,17H,1-2,4-5,10,13-14H2/t15-,17+/m1/s1. The van der Waals surface area contributed by atoms with E-state index >= 15 is 0 Å². The van der Waals surface area contributed by atoms with Gasteiger partial charge in [-0.15, -0.1) is 0 Å². The van der Waals surface area contributed by atoms with Crippen molar-refractivity contribution in [1.82, 2.24) is 14.7 Å². The highest BCUT2D eigenvalue weighted by Gasteiger charge is 2.33. The lowest BCUT2D eigenvalue weighted by atomic mass is 9.75. The van der Waals surface area contributed by atoms with E-state index in [1.54, 1.807) is 6.20 Å². The van der Waals surface area contributed by atoms with Crippen LogP contribution in [0.4, 0.5) is 0 Å². The van der Waals surface area contributed by atoms with E-state index in [0.717, 1.165) is 36.2 Å². The number of hydrogen-bond donors (Lipinski definition) is 0. The summed E-state index contributed by atoms with van der Waals surface area (Å²) in [6, 6.07) is 9.67. The molecule has 0 bridgehead atoms. The minimum Gasteiger partial charge on any atom is -0.338 e. The van der Waals surface area contributed by atoms with Crippen LogP contribution in [0, 0.1) is 11.8 Å². The number of fused-ring (bicyclic) bond motifs is 1. The number of piperidine rings is 1. The Kier molecular flexibility index (Phi) is 3.90. The molecule has 1 aliphatic heterocycles. The van der Waals surface area contributed by atoms with Gasteiger partial charge in [0, 0.05) is 31.0 Å². The predicted octanol–water partition coefficient (Wildman–Crippen LogP) is 3.52. The molecule has 1 aromatic carbocycles. The van der Waals surface area contributed by atoms with Crippen molar-refractivity contribution in [3.05, 3.63) is 48.3 Å². The monoisotopic (exact) mass is 309 g/mol. The number of hydrogen-bond acceptors (Lipinski definition) is 2. The van der Waals surface area contributed by atoms with Gasteiger partial charge < -0.3 is 4.90 Å². The van der Waals surface area contributed by atoms with Gasteiger partial charge in [0.25, 0.3) is 5.91 Å². The fourth-order valence-electron chi connectivity index (χ4n) is 4.15. The summed E-state index contributed by atoms with van der Waals surface area (Å²) >= 11 is 0. The molecule has 0 spiro atoms. The maximum absolute atomic E-state index is 12.8. The fraction of sp³-hybridized carbons (Fsp3) is 0.474. The maximum atomic E-state index is 12.8. The lowest BCUT2D eigenvalue weighted by Gasteiger charge is -2.41. The molecule has 2 aromatic rings. The topological polar surface area (TPSA) is 38.1 Å². The average Bonchev–Trinajstić information content (AvgIpc) is 3.15. The van der Waals surface area contributed by atoms with Crippen molar-refractivity contribution in [1.29, 1.82) is 0 Å². The van der Waals surface area contributed by atoms with Crippen molar-refractivity contribution in [2.24, 2.45) is 11.8 Å². The highest BCUT2D eigenvalue weighted by molar-refractivity contribution is 5.94. The largest absolute Gasteiger partial charge is 0.338 e. The molecule has 120 valence electrons. The average molecular weight is 309 g/mol. The van der Waals surface area contributed by atoms with Crippen LogP contribution in [-0.4, -0.2) is 33.7 Å². The Hall–Kier alpha value is -2.10. The van der Waals surface area contributed by atoms with Gasteiger partial charge in [-0.2, -0.15) is 5.10 Å². The van der Waals surface area contributed by atoms with Crippen LogP contribution in [0.5, 0.6) is 0 Å². The molecule has 1 saturated heterocycles. The quantitative estimate of drug-likeness (QED) is 0.851. The molecule has 4 rings (SSSR count). The van der Waals surface area contributed by atoms with Crippen LogP contribution in [0.3, 0.4) is 0 Å². The molecule has 0 unspecified atom stereocenters. The van der Waals surface area contributed by atoms with Crippen LogP contribution in [0.15, 0.2) is 42.7 Å². The molecule has 0 radical (unpaired) electrons. The molecule has 1 aliphatic carbocycles. The molecule has 2 aliphatic rings. The second-order valence-electron chi connectivity index (χ2n) is 6.84. The number of benzene rings is 1. The van der Waals surface area contributed by atoms with Crippen LogP contribution < -0.4 is 0 Å². The molecule has 0 N–H and O–H groups in total. The van der Waals surface area contributed by atoms with Crippen molar-refractivity contribution in [3.8, 4) is 5.69 Å². The number of carbonyl (C=O) groups excluding carboxylic acids is 1. The highest BCUT2D eigenvalue weighted by atomic mass is 16.2. The third kappa shape index (κ3) is 2.90. The fourth-order valence-corrected chi connectivity index (χ4v) is 4.15. The summed E-state index contributed by atoms with van der Waals surface area (Å²) in [5.74, 6) is 1.76. The van der Waals surface area contributed by atoms with Crippen LogP contribution in [0.1, 0.15) is 42.5 Å². The van der Waals surface area contributed by atoms with Gasteiger partial charge in [-0.1, -0.05) is 19.3 Å². The van der Waals surface area contributed by atoms with Gasteiger partial charge in [0.15, 0.2) is 0 Å². The number of carbonyl (C=O) groups is 1. The van der Waals surface area contributed by atoms with Crippen molar-refractivity contribution < 1.29 is 4.79 Å². The lowest BCUT2D eigenvalue weighted by molar-refractivity contribution is 0.0521. The van der Waals surface area contributed by atoms with Crippen molar-refractivity contribution >= 4 is 5.91 Å². The number of nitrogens with zero attached hydrogens (tertiary/aromatic N) is 3. The highest BCUT2D eigenvalue weighted by Crippen LogP contribution is 2.36. The Balaban J connectivity index is 1.46. The number of amides is 1. The van der Waals surface area contributed by atoms with E-state index in [1.807, 2.05) is 41.2 Å². The van der Waals surface area contributed by atoms with Gasteiger partial charge in [-0.25, -0.2) is 4.68 Å². The predicted molar refractivity (Wildman–Crippen MR) is 89.5 cm³/mol. The van der Waals surface area contributed by atoms with Crippen LogP contribution in [0.2, 0.25) is 0 Å². The molecular weight excluding hydrogens is 286 g/mol. The Morgan fingerprint density at radius 1 is 1.04 bits per heavy atom. The van der Waals surface area contributed by atoms with E-state index in [0.29, 0.717) is 0 Å². The van der Waals surface area contributed by atoms with Gasteiger partial charge in [-0.3, -0.25) is 4.79 Å². The third-order valence-corrected chi connectivity index (χ3v) is 5.46. The lowest BCUT2D eigenvalue weighted by Crippen LogP contribution is -2.44. The zero-order valence-electron chi connectivity index (χ0n) is 13.4. The van der Waals surface area contributed by atoms with E-state index in [4.69, 9.17) is 0 Å². The molecule has 1 saturated carbocycles. The molecule has 1 aromatic heterocycles. The van der Waals surface area contributed by atoms with Gasteiger partial charge >= 0.3 is 0 Å². The SMILES string of the molecule is O=C(c1ccc(-n2cccn2)cc1)N1CC[C@H]2CCCC[C@H]2C1. The minimum atomic E-state index is 0.182. The molecule has 23 heavy (non-hydrogen) atoms. The second kappa shape index (κ2) is 6.19. The Morgan fingerprint density at radius 2 is 1.83 bits per heavy atom. The van der Waals surface area contributed by atoms with Gasteiger partial charge in [0.2, 0.25) is 0 Å². The first kappa shape index (κ1) is 14.5. The maximum Gasteiger partial charge on any atom is 0.253 e. The number of rotatable bonds is 2. The smallest absolute Gasteiger partial charge is 0.253 e. The first-order valence-electron chi connectivity index (χ1n) is 8.70. The van der Waals surface area contributed by atoms with Gasteiger partial charge in [-0.05, 0) is 55.0 Å². The van der Waals surface area contributed by atoms with Gasteiger partial charge in [0.1, 0.15) is 0 Å². The summed E-state index contributed by atoms with van der Waals surface area (Å²) in [6.45, 7) is 1.87. The van der Waals surface area contributed by atoms with Crippen molar-refractivity contribution in [3.63, 3.8) is 0 Å². The second-order valence-corrected chi connectivity index (χ2v) is 6.84. The van der Waals surface area contributed by atoms with Crippen LogP contribution >= 0.6 is 0 Å². The summed E-state index contributed by atoms with van der Waals surface area (Å²) in [6.07, 6.45) is 10.2. The molecule has 4 heteroatoms. The Bertz CT molecular complexity index is 662. The normalized spacial score (nSPS) is 24.3.